The number of rotatable bonds is 9. The molecular weight excluding hydrogens is 352 g/mol. The third-order valence-electron chi connectivity index (χ3n) is 3.52. The molecule has 2 aromatic carbocycles. The first kappa shape index (κ1) is 19.8. The van der Waals surface area contributed by atoms with Gasteiger partial charge in [-0.15, -0.1) is 0 Å². The van der Waals surface area contributed by atoms with Crippen LogP contribution < -0.4 is 14.3 Å². The SMILES string of the molecule is CCCOc1ccc(/C(C)=N\NS(=O)(=O)c2ccc(OCC)cc2)cc1. The predicted octanol–water partition coefficient (Wildman–Crippen LogP) is 3.58. The Morgan fingerprint density at radius 1 is 0.962 bits per heavy atom. The molecule has 0 saturated heterocycles. The maximum atomic E-state index is 12.3. The zero-order valence-electron chi connectivity index (χ0n) is 15.2. The quantitative estimate of drug-likeness (QED) is 0.536. The molecule has 2 aromatic rings. The van der Waals surface area contributed by atoms with E-state index in [2.05, 4.69) is 9.93 Å². The maximum Gasteiger partial charge on any atom is 0.276 e. The molecular formula is C19H24N2O4S. The van der Waals surface area contributed by atoms with Gasteiger partial charge in [-0.3, -0.25) is 0 Å². The number of nitrogens with zero attached hydrogens (tertiary/aromatic N) is 1. The number of hydrogen-bond donors (Lipinski definition) is 1. The van der Waals surface area contributed by atoms with Crippen molar-refractivity contribution >= 4 is 15.7 Å². The van der Waals surface area contributed by atoms with Gasteiger partial charge < -0.3 is 9.47 Å². The lowest BCUT2D eigenvalue weighted by Gasteiger charge is -2.08. The highest BCUT2D eigenvalue weighted by molar-refractivity contribution is 7.89. The highest BCUT2D eigenvalue weighted by atomic mass is 32.2. The van der Waals surface area contributed by atoms with Crippen molar-refractivity contribution < 1.29 is 17.9 Å². The van der Waals surface area contributed by atoms with Crippen molar-refractivity contribution in [3.05, 3.63) is 54.1 Å². The number of nitrogens with one attached hydrogen (secondary N) is 1. The molecule has 0 spiro atoms. The lowest BCUT2D eigenvalue weighted by Crippen LogP contribution is -2.19. The molecule has 0 unspecified atom stereocenters. The molecule has 26 heavy (non-hydrogen) atoms. The van der Waals surface area contributed by atoms with Crippen molar-refractivity contribution in [1.29, 1.82) is 0 Å². The molecule has 0 heterocycles. The van der Waals surface area contributed by atoms with Crippen LogP contribution in [0.1, 0.15) is 32.8 Å². The van der Waals surface area contributed by atoms with Crippen molar-refractivity contribution in [2.45, 2.75) is 32.1 Å². The fraction of sp³-hybridized carbons (Fsp3) is 0.316. The first-order chi connectivity index (χ1) is 12.5. The minimum Gasteiger partial charge on any atom is -0.494 e. The average molecular weight is 376 g/mol. The van der Waals surface area contributed by atoms with Gasteiger partial charge in [0.2, 0.25) is 0 Å². The van der Waals surface area contributed by atoms with Gasteiger partial charge in [-0.25, -0.2) is 0 Å². The molecule has 7 heteroatoms. The van der Waals surface area contributed by atoms with Gasteiger partial charge in [-0.2, -0.15) is 18.4 Å². The fourth-order valence-electron chi connectivity index (χ4n) is 2.14. The van der Waals surface area contributed by atoms with E-state index in [0.717, 1.165) is 17.7 Å². The third kappa shape index (κ3) is 5.49. The van der Waals surface area contributed by atoms with Gasteiger partial charge >= 0.3 is 0 Å². The summed E-state index contributed by atoms with van der Waals surface area (Å²) >= 11 is 0. The van der Waals surface area contributed by atoms with Gasteiger partial charge in [0.1, 0.15) is 11.5 Å². The van der Waals surface area contributed by atoms with Crippen molar-refractivity contribution in [2.24, 2.45) is 5.10 Å². The molecule has 0 saturated carbocycles. The van der Waals surface area contributed by atoms with E-state index >= 15 is 0 Å². The van der Waals surface area contributed by atoms with Crippen molar-refractivity contribution in [3.8, 4) is 11.5 Å². The smallest absolute Gasteiger partial charge is 0.276 e. The number of ether oxygens (including phenoxy) is 2. The molecule has 0 aliphatic heterocycles. The summed E-state index contributed by atoms with van der Waals surface area (Å²) in [5, 5.41) is 4.00. The second kappa shape index (κ2) is 9.24. The molecule has 0 amide bonds. The summed E-state index contributed by atoms with van der Waals surface area (Å²) in [5.41, 5.74) is 1.37. The molecule has 0 aliphatic carbocycles. The second-order valence-electron chi connectivity index (χ2n) is 5.57. The minimum atomic E-state index is -3.73. The van der Waals surface area contributed by atoms with E-state index in [-0.39, 0.29) is 4.90 Å². The van der Waals surface area contributed by atoms with Crippen LogP contribution in [0.5, 0.6) is 11.5 Å². The average Bonchev–Trinajstić information content (AvgIpc) is 2.65. The Morgan fingerprint density at radius 3 is 2.12 bits per heavy atom. The molecule has 0 radical (unpaired) electrons. The lowest BCUT2D eigenvalue weighted by atomic mass is 10.1. The summed E-state index contributed by atoms with van der Waals surface area (Å²) in [6.45, 7) is 6.83. The molecule has 140 valence electrons. The summed E-state index contributed by atoms with van der Waals surface area (Å²) in [6.07, 6.45) is 0.940. The molecule has 1 N–H and O–H groups in total. The zero-order chi connectivity index (χ0) is 19.0. The van der Waals surface area contributed by atoms with E-state index in [0.29, 0.717) is 24.7 Å². The summed E-state index contributed by atoms with van der Waals surface area (Å²) in [6, 6.07) is 13.6. The van der Waals surface area contributed by atoms with Crippen LogP contribution in [0.4, 0.5) is 0 Å². The van der Waals surface area contributed by atoms with Gasteiger partial charge in [-0.1, -0.05) is 6.92 Å². The second-order valence-corrected chi connectivity index (χ2v) is 7.23. The van der Waals surface area contributed by atoms with Crippen LogP contribution in [0, 0.1) is 0 Å². The van der Waals surface area contributed by atoms with Crippen molar-refractivity contribution in [3.63, 3.8) is 0 Å². The van der Waals surface area contributed by atoms with Crippen LogP contribution in [0.2, 0.25) is 0 Å². The largest absolute Gasteiger partial charge is 0.494 e. The van der Waals surface area contributed by atoms with Crippen LogP contribution in [-0.4, -0.2) is 27.3 Å². The van der Waals surface area contributed by atoms with Crippen LogP contribution in [0.15, 0.2) is 58.5 Å². The van der Waals surface area contributed by atoms with E-state index in [1.54, 1.807) is 19.1 Å². The normalized spacial score (nSPS) is 11.9. The van der Waals surface area contributed by atoms with Crippen LogP contribution >= 0.6 is 0 Å². The Kier molecular flexibility index (Phi) is 7.03. The highest BCUT2D eigenvalue weighted by Gasteiger charge is 2.13. The number of hydrazone groups is 1. The molecule has 0 atom stereocenters. The Bertz CT molecular complexity index is 829. The molecule has 6 nitrogen and oxygen atoms in total. The monoisotopic (exact) mass is 376 g/mol. The Labute approximate surface area is 154 Å². The van der Waals surface area contributed by atoms with E-state index in [9.17, 15) is 8.42 Å². The number of benzene rings is 2. The summed E-state index contributed by atoms with van der Waals surface area (Å²) in [5.74, 6) is 1.40. The van der Waals surface area contributed by atoms with Crippen molar-refractivity contribution in [1.82, 2.24) is 4.83 Å². The first-order valence-corrected chi connectivity index (χ1v) is 9.96. The maximum absolute atomic E-state index is 12.3. The molecule has 0 fully saturated rings. The van der Waals surface area contributed by atoms with Gasteiger partial charge in [0.15, 0.2) is 0 Å². The summed E-state index contributed by atoms with van der Waals surface area (Å²) in [4.78, 5) is 2.39. The number of hydrogen-bond acceptors (Lipinski definition) is 5. The van der Waals surface area contributed by atoms with Gasteiger partial charge in [-0.05, 0) is 74.4 Å². The minimum absolute atomic E-state index is 0.126. The van der Waals surface area contributed by atoms with Gasteiger partial charge in [0.05, 0.1) is 23.8 Å². The Morgan fingerprint density at radius 2 is 1.54 bits per heavy atom. The van der Waals surface area contributed by atoms with Crippen LogP contribution in [0.25, 0.3) is 0 Å². The third-order valence-corrected chi connectivity index (χ3v) is 4.75. The highest BCUT2D eigenvalue weighted by Crippen LogP contribution is 2.16. The van der Waals surface area contributed by atoms with Crippen molar-refractivity contribution in [2.75, 3.05) is 13.2 Å². The fourth-order valence-corrected chi connectivity index (χ4v) is 3.00. The molecule has 2 rings (SSSR count). The predicted molar refractivity (Wildman–Crippen MR) is 102 cm³/mol. The topological polar surface area (TPSA) is 77.0 Å². The Balaban J connectivity index is 2.06. The molecule has 0 bridgehead atoms. The summed E-state index contributed by atoms with van der Waals surface area (Å²) < 4.78 is 35.5. The van der Waals surface area contributed by atoms with E-state index in [1.807, 2.05) is 38.1 Å². The number of sulfonamides is 1. The molecule has 0 aromatic heterocycles. The standard InChI is InChI=1S/C19H24N2O4S/c1-4-14-25-18-8-6-16(7-9-18)15(3)20-21-26(22,23)19-12-10-17(11-13-19)24-5-2/h6-13,21H,4-5,14H2,1-3H3/b20-15-. The first-order valence-electron chi connectivity index (χ1n) is 8.48. The van der Waals surface area contributed by atoms with Crippen LogP contribution in [-0.2, 0) is 10.0 Å². The van der Waals surface area contributed by atoms with E-state index in [1.165, 1.54) is 12.1 Å². The van der Waals surface area contributed by atoms with E-state index < -0.39 is 10.0 Å². The Hall–Kier alpha value is -2.54. The molecule has 0 aliphatic rings. The zero-order valence-corrected chi connectivity index (χ0v) is 16.0. The summed E-state index contributed by atoms with van der Waals surface area (Å²) in [7, 11) is -3.73. The van der Waals surface area contributed by atoms with E-state index in [4.69, 9.17) is 9.47 Å². The van der Waals surface area contributed by atoms with Crippen LogP contribution in [0.3, 0.4) is 0 Å². The lowest BCUT2D eigenvalue weighted by molar-refractivity contribution is 0.317. The van der Waals surface area contributed by atoms with Gasteiger partial charge in [0.25, 0.3) is 10.0 Å². The van der Waals surface area contributed by atoms with Gasteiger partial charge in [0, 0.05) is 0 Å².